The molecule has 0 unspecified atom stereocenters. The van der Waals surface area contributed by atoms with Crippen molar-refractivity contribution in [2.75, 3.05) is 39.4 Å². The molecule has 1 saturated heterocycles. The van der Waals surface area contributed by atoms with Crippen molar-refractivity contribution in [3.63, 3.8) is 0 Å². The van der Waals surface area contributed by atoms with E-state index in [1.165, 1.54) is 0 Å². The van der Waals surface area contributed by atoms with E-state index in [-0.39, 0.29) is 5.91 Å². The number of aromatic nitrogens is 3. The number of hydrogen-bond acceptors (Lipinski definition) is 4. The first-order chi connectivity index (χ1) is 13.8. The fourth-order valence-electron chi connectivity index (χ4n) is 3.92. The SMILES string of the molecule is O=C(NCCCN1CCOCC1)c1ccc2nc3c(ccc4c[nH][nH]c43)c2c1. The van der Waals surface area contributed by atoms with Crippen molar-refractivity contribution in [1.29, 1.82) is 0 Å². The van der Waals surface area contributed by atoms with Gasteiger partial charge in [-0.1, -0.05) is 12.1 Å². The molecule has 0 atom stereocenters. The first-order valence-electron chi connectivity index (χ1n) is 9.76. The standard InChI is InChI=1S/C21H23N5O2/c27-21(22-6-1-7-26-8-10-28-11-9-26)14-3-5-18-17(12-14)16-4-2-15-13-23-25-19(15)20(16)24-18/h2-5,12-13,23,25H,1,6-11H2,(H,22,27). The second-order valence-electron chi connectivity index (χ2n) is 7.25. The van der Waals surface area contributed by atoms with Crippen LogP contribution in [0.25, 0.3) is 32.7 Å². The molecular weight excluding hydrogens is 354 g/mol. The minimum Gasteiger partial charge on any atom is -0.379 e. The topological polar surface area (TPSA) is 86.0 Å². The maximum atomic E-state index is 12.6. The minimum absolute atomic E-state index is 0.0347. The maximum Gasteiger partial charge on any atom is 0.251 e. The summed E-state index contributed by atoms with van der Waals surface area (Å²) in [7, 11) is 0. The van der Waals surface area contributed by atoms with Crippen LogP contribution in [0.3, 0.4) is 0 Å². The van der Waals surface area contributed by atoms with Crippen molar-refractivity contribution in [1.82, 2.24) is 25.4 Å². The molecule has 0 radical (unpaired) electrons. The smallest absolute Gasteiger partial charge is 0.251 e. The third kappa shape index (κ3) is 3.12. The lowest BCUT2D eigenvalue weighted by atomic mass is 10.1. The molecule has 2 aromatic heterocycles. The Hall–Kier alpha value is -2.90. The first kappa shape index (κ1) is 17.2. The molecule has 0 spiro atoms. The van der Waals surface area contributed by atoms with E-state index >= 15 is 0 Å². The van der Waals surface area contributed by atoms with Gasteiger partial charge in [-0.2, -0.15) is 0 Å². The summed E-state index contributed by atoms with van der Waals surface area (Å²) < 4.78 is 5.36. The highest BCUT2D eigenvalue weighted by atomic mass is 16.5. The van der Waals surface area contributed by atoms with E-state index in [4.69, 9.17) is 9.72 Å². The second-order valence-corrected chi connectivity index (χ2v) is 7.25. The van der Waals surface area contributed by atoms with Crippen LogP contribution in [0.15, 0.2) is 36.5 Å². The fraction of sp³-hybridized carbons (Fsp3) is 0.333. The first-order valence-corrected chi connectivity index (χ1v) is 9.76. The van der Waals surface area contributed by atoms with Gasteiger partial charge in [-0.3, -0.25) is 14.8 Å². The van der Waals surface area contributed by atoms with E-state index in [0.29, 0.717) is 12.1 Å². The van der Waals surface area contributed by atoms with Gasteiger partial charge < -0.3 is 15.2 Å². The number of benzene rings is 2. The second kappa shape index (κ2) is 7.26. The van der Waals surface area contributed by atoms with Crippen LogP contribution in [0.5, 0.6) is 0 Å². The monoisotopic (exact) mass is 377 g/mol. The lowest BCUT2D eigenvalue weighted by Crippen LogP contribution is -2.38. The summed E-state index contributed by atoms with van der Waals surface area (Å²) in [5.41, 5.74) is 3.49. The van der Waals surface area contributed by atoms with Crippen molar-refractivity contribution in [3.05, 3.63) is 42.1 Å². The van der Waals surface area contributed by atoms with Gasteiger partial charge in [0.05, 0.1) is 29.8 Å². The van der Waals surface area contributed by atoms with Gasteiger partial charge in [0.25, 0.3) is 5.91 Å². The summed E-state index contributed by atoms with van der Waals surface area (Å²) in [5.74, 6) is -0.0347. The lowest BCUT2D eigenvalue weighted by Gasteiger charge is -2.26. The number of amides is 1. The van der Waals surface area contributed by atoms with Crippen molar-refractivity contribution in [3.8, 4) is 0 Å². The molecule has 144 valence electrons. The number of morpholine rings is 1. The molecule has 1 amide bonds. The van der Waals surface area contributed by atoms with Crippen LogP contribution >= 0.6 is 0 Å². The Morgan fingerprint density at radius 2 is 2.07 bits per heavy atom. The highest BCUT2D eigenvalue weighted by Gasteiger charge is 2.13. The van der Waals surface area contributed by atoms with Crippen molar-refractivity contribution < 1.29 is 9.53 Å². The number of fused-ring (bicyclic) bond motifs is 5. The van der Waals surface area contributed by atoms with E-state index in [9.17, 15) is 4.79 Å². The van der Waals surface area contributed by atoms with Crippen LogP contribution in [0.4, 0.5) is 0 Å². The number of nitrogens with one attached hydrogen (secondary N) is 3. The van der Waals surface area contributed by atoms with Crippen molar-refractivity contribution in [2.45, 2.75) is 6.42 Å². The molecule has 28 heavy (non-hydrogen) atoms. The van der Waals surface area contributed by atoms with Crippen molar-refractivity contribution >= 4 is 38.6 Å². The molecule has 3 N–H and O–H groups in total. The third-order valence-electron chi connectivity index (χ3n) is 5.46. The van der Waals surface area contributed by atoms with Gasteiger partial charge in [-0.05, 0) is 31.2 Å². The molecule has 5 rings (SSSR count). The Morgan fingerprint density at radius 1 is 1.18 bits per heavy atom. The number of ether oxygens (including phenoxy) is 1. The van der Waals surface area contributed by atoms with Gasteiger partial charge in [-0.15, -0.1) is 0 Å². The normalized spacial score (nSPS) is 15.6. The van der Waals surface area contributed by atoms with E-state index in [0.717, 1.165) is 72.0 Å². The zero-order valence-electron chi connectivity index (χ0n) is 15.6. The zero-order valence-corrected chi connectivity index (χ0v) is 15.6. The van der Waals surface area contributed by atoms with Crippen LogP contribution in [-0.2, 0) is 4.74 Å². The van der Waals surface area contributed by atoms with Gasteiger partial charge >= 0.3 is 0 Å². The average Bonchev–Trinajstić information content (AvgIpc) is 3.35. The number of aromatic amines is 2. The van der Waals surface area contributed by atoms with Crippen LogP contribution in [-0.4, -0.2) is 65.4 Å². The van der Waals surface area contributed by atoms with Crippen LogP contribution in [0, 0.1) is 0 Å². The molecule has 4 aromatic rings. The molecule has 2 aromatic carbocycles. The lowest BCUT2D eigenvalue weighted by molar-refractivity contribution is 0.0374. The molecule has 1 fully saturated rings. The van der Waals surface area contributed by atoms with Crippen LogP contribution < -0.4 is 5.32 Å². The number of nitrogens with zero attached hydrogens (tertiary/aromatic N) is 2. The largest absolute Gasteiger partial charge is 0.379 e. The summed E-state index contributed by atoms with van der Waals surface area (Å²) in [4.78, 5) is 19.7. The summed E-state index contributed by atoms with van der Waals surface area (Å²) >= 11 is 0. The van der Waals surface area contributed by atoms with E-state index in [2.05, 4.69) is 32.5 Å². The zero-order chi connectivity index (χ0) is 18.9. The van der Waals surface area contributed by atoms with Gasteiger partial charge in [0.15, 0.2) is 0 Å². The molecule has 0 aliphatic carbocycles. The molecule has 3 heterocycles. The Morgan fingerprint density at radius 3 is 2.96 bits per heavy atom. The number of rotatable bonds is 5. The average molecular weight is 377 g/mol. The van der Waals surface area contributed by atoms with Gasteiger partial charge in [-0.25, -0.2) is 4.98 Å². The number of carbonyl (C=O) groups excluding carboxylic acids is 1. The van der Waals surface area contributed by atoms with Gasteiger partial charge in [0, 0.05) is 47.6 Å². The van der Waals surface area contributed by atoms with Gasteiger partial charge in [0.2, 0.25) is 0 Å². The highest BCUT2D eigenvalue weighted by Crippen LogP contribution is 2.30. The quantitative estimate of drug-likeness (QED) is 0.467. The third-order valence-corrected chi connectivity index (χ3v) is 5.46. The van der Waals surface area contributed by atoms with E-state index in [1.807, 2.05) is 24.4 Å². The molecule has 1 aliphatic rings. The minimum atomic E-state index is -0.0347. The molecular formula is C21H23N5O2. The fourth-order valence-corrected chi connectivity index (χ4v) is 3.92. The Bertz CT molecular complexity index is 1140. The van der Waals surface area contributed by atoms with Crippen LogP contribution in [0.2, 0.25) is 0 Å². The highest BCUT2D eigenvalue weighted by molar-refractivity contribution is 6.16. The van der Waals surface area contributed by atoms with E-state index in [1.54, 1.807) is 0 Å². The Labute approximate surface area is 162 Å². The Balaban J connectivity index is 1.31. The molecule has 0 saturated carbocycles. The summed E-state index contributed by atoms with van der Waals surface area (Å²) in [5, 5.41) is 12.4. The number of H-pyrrole nitrogens is 2. The maximum absolute atomic E-state index is 12.6. The predicted molar refractivity (Wildman–Crippen MR) is 110 cm³/mol. The number of carbonyl (C=O) groups is 1. The van der Waals surface area contributed by atoms with Gasteiger partial charge in [0.1, 0.15) is 0 Å². The molecule has 0 bridgehead atoms. The summed E-state index contributed by atoms with van der Waals surface area (Å²) in [6.07, 6.45) is 2.86. The Kier molecular flexibility index (Phi) is 4.46. The molecule has 7 nitrogen and oxygen atoms in total. The molecule has 7 heteroatoms. The van der Waals surface area contributed by atoms with Crippen LogP contribution in [0.1, 0.15) is 16.8 Å². The van der Waals surface area contributed by atoms with Crippen molar-refractivity contribution in [2.24, 2.45) is 0 Å². The predicted octanol–water partition coefficient (Wildman–Crippen LogP) is 2.65. The number of hydrogen-bond donors (Lipinski definition) is 3. The van der Waals surface area contributed by atoms with E-state index < -0.39 is 0 Å². The summed E-state index contributed by atoms with van der Waals surface area (Å²) in [6, 6.07) is 9.85. The molecule has 1 aliphatic heterocycles. The summed E-state index contributed by atoms with van der Waals surface area (Å²) in [6.45, 7) is 5.24.